The van der Waals surface area contributed by atoms with Crippen LogP contribution in [0.15, 0.2) is 102 Å². The smallest absolute Gasteiger partial charge is 0.324 e. The third-order valence-electron chi connectivity index (χ3n) is 10.9. The summed E-state index contributed by atoms with van der Waals surface area (Å²) in [5.74, 6) is -0.685. The lowest BCUT2D eigenvalue weighted by atomic mass is 9.76. The fraction of sp³-hybridized carbons (Fsp3) is 0.311. The van der Waals surface area contributed by atoms with Crippen LogP contribution < -0.4 is 41.9 Å². The molecule has 0 saturated heterocycles. The summed E-state index contributed by atoms with van der Waals surface area (Å²) < 4.78 is 8.15. The fourth-order valence-corrected chi connectivity index (χ4v) is 7.59. The lowest BCUT2D eigenvalue weighted by Crippen LogP contribution is -3.00. The van der Waals surface area contributed by atoms with Crippen LogP contribution in [0.25, 0.3) is 10.8 Å². The van der Waals surface area contributed by atoms with Crippen LogP contribution in [0.4, 0.5) is 11.4 Å². The number of nitrogens with zero attached hydrogens (tertiary/aromatic N) is 3. The van der Waals surface area contributed by atoms with Crippen LogP contribution in [0, 0.1) is 0 Å². The van der Waals surface area contributed by atoms with Crippen molar-refractivity contribution < 1.29 is 40.7 Å². The standard InChI is InChI=1S/C45H46Cl3N5O4.BrH/c1-8-36(57-37-19-18-30(44(4,5)9-2)23-33(37)45(6,7)10-3)42(55)49-32-17-13-16-28(22-32)41(54)50-40-39(52-21-20-27-14-11-12-15-29(27)26-52)43(56)53(51-40)38-34(47)24-31(46)25-35(38)48;/h11-26,36,39H,8-10H2,1-7H3,(H-,49,50,51,54,55);1H. The van der Waals surface area contributed by atoms with Crippen LogP contribution in [-0.4, -0.2) is 29.7 Å². The van der Waals surface area contributed by atoms with Gasteiger partial charge < -0.3 is 32.4 Å². The summed E-state index contributed by atoms with van der Waals surface area (Å²) in [6, 6.07) is 24.3. The zero-order chi connectivity index (χ0) is 41.2. The number of carbonyl (C=O) groups is 3. The third kappa shape index (κ3) is 9.36. The van der Waals surface area contributed by atoms with Gasteiger partial charge >= 0.3 is 5.91 Å². The highest BCUT2D eigenvalue weighted by Gasteiger charge is 2.46. The maximum absolute atomic E-state index is 14.2. The second kappa shape index (κ2) is 18.2. The van der Waals surface area contributed by atoms with Gasteiger partial charge in [0.05, 0.1) is 10.0 Å². The van der Waals surface area contributed by atoms with Crippen LogP contribution in [0.3, 0.4) is 0 Å². The van der Waals surface area contributed by atoms with Gasteiger partial charge in [-0.1, -0.05) is 120 Å². The Labute approximate surface area is 365 Å². The molecule has 58 heavy (non-hydrogen) atoms. The van der Waals surface area contributed by atoms with Crippen molar-refractivity contribution in [3.8, 4) is 5.75 Å². The maximum atomic E-state index is 14.2. The first-order chi connectivity index (χ1) is 27.1. The number of nitrogens with one attached hydrogen (secondary N) is 2. The van der Waals surface area contributed by atoms with Gasteiger partial charge in [-0.2, -0.15) is 9.58 Å². The average Bonchev–Trinajstić information content (AvgIpc) is 3.50. The van der Waals surface area contributed by atoms with Crippen molar-refractivity contribution in [3.63, 3.8) is 0 Å². The molecule has 2 heterocycles. The van der Waals surface area contributed by atoms with Gasteiger partial charge in [-0.05, 0) is 83.5 Å². The van der Waals surface area contributed by atoms with E-state index in [4.69, 9.17) is 39.5 Å². The number of pyridine rings is 1. The highest BCUT2D eigenvalue weighted by molar-refractivity contribution is 6.42. The van der Waals surface area contributed by atoms with Gasteiger partial charge in [0.1, 0.15) is 11.4 Å². The number of carbonyl (C=O) groups excluding carboxylic acids is 3. The minimum absolute atomic E-state index is 0. The van der Waals surface area contributed by atoms with Gasteiger partial charge in [0.15, 0.2) is 18.5 Å². The third-order valence-corrected chi connectivity index (χ3v) is 11.7. The van der Waals surface area contributed by atoms with Crippen molar-refractivity contribution >= 4 is 80.5 Å². The quantitative estimate of drug-likeness (QED) is 0.126. The Morgan fingerprint density at radius 2 is 1.52 bits per heavy atom. The molecule has 0 saturated carbocycles. The monoisotopic (exact) mass is 905 g/mol. The van der Waals surface area contributed by atoms with E-state index in [0.29, 0.717) is 17.9 Å². The zero-order valence-electron chi connectivity index (χ0n) is 33.5. The number of ether oxygens (including phenoxy) is 1. The Morgan fingerprint density at radius 3 is 2.17 bits per heavy atom. The lowest BCUT2D eigenvalue weighted by molar-refractivity contribution is -0.691. The van der Waals surface area contributed by atoms with Crippen molar-refractivity contribution in [2.45, 2.75) is 90.7 Å². The average molecular weight is 908 g/mol. The summed E-state index contributed by atoms with van der Waals surface area (Å²) in [5, 5.41) is 13.8. The van der Waals surface area contributed by atoms with Gasteiger partial charge in [-0.15, -0.1) is 5.10 Å². The predicted octanol–water partition coefficient (Wildman–Crippen LogP) is 7.59. The van der Waals surface area contributed by atoms with Crippen LogP contribution in [-0.2, 0) is 20.4 Å². The van der Waals surface area contributed by atoms with E-state index in [0.717, 1.165) is 34.2 Å². The van der Waals surface area contributed by atoms with Crippen molar-refractivity contribution in [2.24, 2.45) is 5.10 Å². The van der Waals surface area contributed by atoms with Crippen molar-refractivity contribution in [3.05, 3.63) is 129 Å². The molecule has 6 rings (SSSR count). The number of anilines is 2. The number of benzene rings is 4. The molecule has 0 bridgehead atoms. The molecule has 1 aliphatic heterocycles. The molecule has 0 fully saturated rings. The minimum atomic E-state index is -1.07. The molecule has 2 unspecified atom stereocenters. The summed E-state index contributed by atoms with van der Waals surface area (Å²) in [6.07, 6.45) is 5.05. The van der Waals surface area contributed by atoms with E-state index in [-0.39, 0.29) is 65.9 Å². The Morgan fingerprint density at radius 1 is 0.845 bits per heavy atom. The van der Waals surface area contributed by atoms with Crippen molar-refractivity contribution in [1.82, 2.24) is 5.32 Å². The molecule has 0 aliphatic carbocycles. The molecular weight excluding hydrogens is 861 g/mol. The van der Waals surface area contributed by atoms with Gasteiger partial charge in [0.25, 0.3) is 17.9 Å². The number of amidine groups is 1. The van der Waals surface area contributed by atoms with Gasteiger partial charge in [0, 0.05) is 33.3 Å². The first kappa shape index (κ1) is 44.6. The van der Waals surface area contributed by atoms with E-state index in [9.17, 15) is 14.4 Å². The van der Waals surface area contributed by atoms with Crippen LogP contribution in [0.1, 0.15) is 95.3 Å². The number of aromatic nitrogens is 1. The Balaban J connectivity index is 0.00000641. The van der Waals surface area contributed by atoms with E-state index >= 15 is 0 Å². The van der Waals surface area contributed by atoms with Crippen molar-refractivity contribution in [2.75, 3.05) is 10.3 Å². The summed E-state index contributed by atoms with van der Waals surface area (Å²) in [5.41, 5.74) is 2.84. The largest absolute Gasteiger partial charge is 1.00 e. The number of amides is 3. The number of hydrazone groups is 1. The number of hydrogen-bond donors (Lipinski definition) is 2. The highest BCUT2D eigenvalue weighted by Crippen LogP contribution is 2.40. The molecule has 0 spiro atoms. The number of hydrogen-bond acceptors (Lipinski definition) is 5. The van der Waals surface area contributed by atoms with E-state index in [1.807, 2.05) is 49.5 Å². The molecule has 13 heteroatoms. The molecular formula is C45H47BrCl3N5O4. The Hall–Kier alpha value is -4.48. The van der Waals surface area contributed by atoms with Crippen LogP contribution >= 0.6 is 34.8 Å². The molecule has 0 radical (unpaired) electrons. The SMILES string of the molecule is CCC(Oc1ccc(C(C)(C)CC)cc1C(C)(C)CC)C(=O)Nc1cccc(C(=O)NC2=NN(c3c(Cl)cc(Cl)cc3Cl)C(=O)C2[n+]2ccc3ccccc3c2)c1.[Br-]. The Kier molecular flexibility index (Phi) is 14.0. The molecule has 9 nitrogen and oxygen atoms in total. The van der Waals surface area contributed by atoms with Gasteiger partial charge in [0.2, 0.25) is 5.84 Å². The molecule has 4 aromatic carbocycles. The predicted molar refractivity (Wildman–Crippen MR) is 230 cm³/mol. The molecule has 1 aromatic heterocycles. The highest BCUT2D eigenvalue weighted by atomic mass is 79.9. The van der Waals surface area contributed by atoms with Crippen LogP contribution in [0.5, 0.6) is 5.75 Å². The summed E-state index contributed by atoms with van der Waals surface area (Å²) in [6.45, 7) is 15.1. The Bertz CT molecular complexity index is 2380. The number of rotatable bonds is 12. The van der Waals surface area contributed by atoms with E-state index < -0.39 is 24.0 Å². The summed E-state index contributed by atoms with van der Waals surface area (Å²) >= 11 is 19.2. The van der Waals surface area contributed by atoms with E-state index in [1.165, 1.54) is 17.7 Å². The second-order valence-electron chi connectivity index (χ2n) is 15.5. The number of halogens is 4. The normalized spacial score (nSPS) is 14.8. The summed E-state index contributed by atoms with van der Waals surface area (Å²) in [7, 11) is 0. The van der Waals surface area contributed by atoms with Crippen LogP contribution in [0.2, 0.25) is 15.1 Å². The summed E-state index contributed by atoms with van der Waals surface area (Å²) in [4.78, 5) is 41.8. The van der Waals surface area contributed by atoms with E-state index in [1.54, 1.807) is 35.0 Å². The van der Waals surface area contributed by atoms with Gasteiger partial charge in [-0.25, -0.2) is 0 Å². The zero-order valence-corrected chi connectivity index (χ0v) is 37.4. The second-order valence-corrected chi connectivity index (χ2v) is 16.8. The van der Waals surface area contributed by atoms with Gasteiger partial charge in [-0.3, -0.25) is 14.4 Å². The molecule has 3 amide bonds. The molecule has 5 aromatic rings. The fourth-order valence-electron chi connectivity index (χ4n) is 6.62. The van der Waals surface area contributed by atoms with Crippen molar-refractivity contribution in [1.29, 1.82) is 0 Å². The molecule has 2 N–H and O–H groups in total. The number of fused-ring (bicyclic) bond motifs is 1. The first-order valence-electron chi connectivity index (χ1n) is 19.1. The minimum Gasteiger partial charge on any atom is -1.00 e. The lowest BCUT2D eigenvalue weighted by Gasteiger charge is -2.31. The molecule has 2 atom stereocenters. The molecule has 1 aliphatic rings. The first-order valence-corrected chi connectivity index (χ1v) is 20.2. The van der Waals surface area contributed by atoms with E-state index in [2.05, 4.69) is 69.4 Å². The maximum Gasteiger partial charge on any atom is 0.324 e. The topological polar surface area (TPSA) is 104 Å². The molecule has 304 valence electrons.